The predicted molar refractivity (Wildman–Crippen MR) is 63.5 cm³/mol. The summed E-state index contributed by atoms with van der Waals surface area (Å²) in [5.74, 6) is -0.632. The van der Waals surface area contributed by atoms with Crippen LogP contribution in [0.15, 0.2) is 12.1 Å². The average Bonchev–Trinajstić information content (AvgIpc) is 2.38. The molecule has 0 heterocycles. The lowest BCUT2D eigenvalue weighted by Crippen LogP contribution is -2.10. The molecule has 0 bridgehead atoms. The molecule has 1 aromatic carbocycles. The minimum absolute atomic E-state index is 0.00685. The molecule has 19 heavy (non-hydrogen) atoms. The molecule has 0 N–H and O–H groups in total. The van der Waals surface area contributed by atoms with Crippen molar-refractivity contribution in [3.05, 3.63) is 38.9 Å². The second-order valence-corrected chi connectivity index (χ2v) is 3.54. The molecule has 7 heteroatoms. The molecule has 1 aromatic rings. The van der Waals surface area contributed by atoms with Gasteiger partial charge >= 0.3 is 5.97 Å². The number of nitriles is 1. The Morgan fingerprint density at radius 3 is 2.74 bits per heavy atom. The normalized spacial score (nSPS) is 9.47. The van der Waals surface area contributed by atoms with Crippen LogP contribution in [0.2, 0.25) is 0 Å². The van der Waals surface area contributed by atoms with Gasteiger partial charge in [-0.2, -0.15) is 5.26 Å². The molecule has 0 saturated heterocycles. The first kappa shape index (κ1) is 14.3. The third-order valence-electron chi connectivity index (χ3n) is 2.34. The highest BCUT2D eigenvalue weighted by Crippen LogP contribution is 2.23. The minimum atomic E-state index is -0.704. The summed E-state index contributed by atoms with van der Waals surface area (Å²) >= 11 is 0. The lowest BCUT2D eigenvalue weighted by molar-refractivity contribution is -0.385. The van der Waals surface area contributed by atoms with Gasteiger partial charge in [0.2, 0.25) is 0 Å². The monoisotopic (exact) mass is 262 g/mol. The largest absolute Gasteiger partial charge is 0.466 e. The maximum absolute atomic E-state index is 11.3. The van der Waals surface area contributed by atoms with Crippen LogP contribution < -0.4 is 0 Å². The highest BCUT2D eigenvalue weighted by Gasteiger charge is 2.20. The molecule has 0 saturated carbocycles. The van der Waals surface area contributed by atoms with Crippen molar-refractivity contribution in [2.45, 2.75) is 13.3 Å². The van der Waals surface area contributed by atoms with Gasteiger partial charge in [-0.25, -0.2) is 0 Å². The van der Waals surface area contributed by atoms with Crippen LogP contribution in [0.1, 0.15) is 28.4 Å². The van der Waals surface area contributed by atoms with Gasteiger partial charge in [-0.1, -0.05) is 0 Å². The van der Waals surface area contributed by atoms with Gasteiger partial charge in [0.05, 0.1) is 23.5 Å². The Balaban J connectivity index is 3.28. The number of nitro groups is 1. The van der Waals surface area contributed by atoms with Gasteiger partial charge in [0.1, 0.15) is 6.07 Å². The Kier molecular flexibility index (Phi) is 4.71. The topological polar surface area (TPSA) is 110 Å². The Morgan fingerprint density at radius 2 is 2.26 bits per heavy atom. The third-order valence-corrected chi connectivity index (χ3v) is 2.34. The lowest BCUT2D eigenvalue weighted by Gasteiger charge is -2.05. The molecule has 7 nitrogen and oxygen atoms in total. The molecule has 0 radical (unpaired) electrons. The van der Waals surface area contributed by atoms with Crippen LogP contribution in [0.25, 0.3) is 0 Å². The van der Waals surface area contributed by atoms with Crippen LogP contribution in [0.5, 0.6) is 0 Å². The van der Waals surface area contributed by atoms with E-state index in [0.29, 0.717) is 6.29 Å². The van der Waals surface area contributed by atoms with E-state index in [9.17, 15) is 19.7 Å². The van der Waals surface area contributed by atoms with E-state index < -0.39 is 10.9 Å². The molecule has 0 aromatic heterocycles. The molecule has 0 spiro atoms. The quantitative estimate of drug-likeness (QED) is 0.343. The van der Waals surface area contributed by atoms with E-state index in [1.54, 1.807) is 13.0 Å². The zero-order chi connectivity index (χ0) is 14.4. The van der Waals surface area contributed by atoms with Gasteiger partial charge in [-0.05, 0) is 13.0 Å². The van der Waals surface area contributed by atoms with Crippen molar-refractivity contribution >= 4 is 17.9 Å². The number of aldehydes is 1. The number of ether oxygens (including phenoxy) is 1. The SMILES string of the molecule is CCOC(=O)Cc1cc(C=O)c(C#N)cc1[N+](=O)[O-]. The molecular formula is C12H10N2O5. The second kappa shape index (κ2) is 6.26. The first-order valence-corrected chi connectivity index (χ1v) is 5.35. The fourth-order valence-corrected chi connectivity index (χ4v) is 1.53. The number of benzene rings is 1. The summed E-state index contributed by atoms with van der Waals surface area (Å²) in [7, 11) is 0. The van der Waals surface area contributed by atoms with E-state index in [-0.39, 0.29) is 35.4 Å². The summed E-state index contributed by atoms with van der Waals surface area (Å²) in [5.41, 5.74) is -0.429. The third kappa shape index (κ3) is 3.35. The number of nitro benzene ring substituents is 1. The number of hydrogen-bond donors (Lipinski definition) is 0. The van der Waals surface area contributed by atoms with E-state index in [1.165, 1.54) is 6.07 Å². The number of rotatable bonds is 5. The predicted octanol–water partition coefficient (Wildman–Crippen LogP) is 1.38. The summed E-state index contributed by atoms with van der Waals surface area (Å²) in [4.78, 5) is 32.3. The van der Waals surface area contributed by atoms with Crippen molar-refractivity contribution in [1.82, 2.24) is 0 Å². The molecule has 1 rings (SSSR count). The van der Waals surface area contributed by atoms with Crippen molar-refractivity contribution < 1.29 is 19.2 Å². The molecule has 0 amide bonds. The molecule has 0 aliphatic carbocycles. The minimum Gasteiger partial charge on any atom is -0.466 e. The Bertz CT molecular complexity index is 574. The number of nitrogens with zero attached hydrogens (tertiary/aromatic N) is 2. The summed E-state index contributed by atoms with van der Waals surface area (Å²) in [5, 5.41) is 19.7. The average molecular weight is 262 g/mol. The van der Waals surface area contributed by atoms with Gasteiger partial charge in [0, 0.05) is 17.2 Å². The van der Waals surface area contributed by atoms with E-state index in [0.717, 1.165) is 6.07 Å². The van der Waals surface area contributed by atoms with Crippen molar-refractivity contribution in [3.63, 3.8) is 0 Å². The molecular weight excluding hydrogens is 252 g/mol. The number of hydrogen-bond acceptors (Lipinski definition) is 6. The van der Waals surface area contributed by atoms with E-state index >= 15 is 0 Å². The summed E-state index contributed by atoms with van der Waals surface area (Å²) in [6, 6.07) is 3.85. The van der Waals surface area contributed by atoms with Crippen LogP contribution in [0.4, 0.5) is 5.69 Å². The van der Waals surface area contributed by atoms with Gasteiger partial charge in [-0.3, -0.25) is 19.7 Å². The van der Waals surface area contributed by atoms with Crippen LogP contribution in [-0.4, -0.2) is 23.8 Å². The smallest absolute Gasteiger partial charge is 0.310 e. The van der Waals surface area contributed by atoms with Crippen molar-refractivity contribution in [3.8, 4) is 6.07 Å². The second-order valence-electron chi connectivity index (χ2n) is 3.54. The first-order valence-electron chi connectivity index (χ1n) is 5.35. The summed E-state index contributed by atoms with van der Waals surface area (Å²) < 4.78 is 4.70. The molecule has 98 valence electrons. The van der Waals surface area contributed by atoms with Crippen LogP contribution in [-0.2, 0) is 16.0 Å². The maximum atomic E-state index is 11.3. The first-order chi connectivity index (χ1) is 9.03. The number of carbonyl (C=O) groups excluding carboxylic acids is 2. The van der Waals surface area contributed by atoms with Crippen molar-refractivity contribution in [2.75, 3.05) is 6.61 Å². The van der Waals surface area contributed by atoms with Crippen molar-refractivity contribution in [1.29, 1.82) is 5.26 Å². The van der Waals surface area contributed by atoms with Crippen LogP contribution >= 0.6 is 0 Å². The van der Waals surface area contributed by atoms with Crippen molar-refractivity contribution in [2.24, 2.45) is 0 Å². The molecule has 0 fully saturated rings. The molecule has 0 atom stereocenters. The standard InChI is InChI=1S/C12H10N2O5/c1-2-19-12(16)5-8-3-10(7-15)9(6-13)4-11(8)14(17)18/h3-4,7H,2,5H2,1H3. The molecule has 0 aliphatic rings. The molecule has 0 aliphatic heterocycles. The Morgan fingerprint density at radius 1 is 1.58 bits per heavy atom. The summed E-state index contributed by atoms with van der Waals surface area (Å²) in [6.07, 6.45) is 0.0909. The Hall–Kier alpha value is -2.75. The lowest BCUT2D eigenvalue weighted by atomic mass is 10.0. The van der Waals surface area contributed by atoms with Crippen LogP contribution in [0, 0.1) is 21.4 Å². The fraction of sp³-hybridized carbons (Fsp3) is 0.250. The summed E-state index contributed by atoms with van der Waals surface area (Å²) in [6.45, 7) is 1.77. The van der Waals surface area contributed by atoms with E-state index in [1.807, 2.05) is 0 Å². The van der Waals surface area contributed by atoms with Gasteiger partial charge in [-0.15, -0.1) is 0 Å². The Labute approximate surface area is 108 Å². The molecule has 0 unspecified atom stereocenters. The zero-order valence-electron chi connectivity index (χ0n) is 10.1. The van der Waals surface area contributed by atoms with Gasteiger partial charge in [0.25, 0.3) is 5.69 Å². The zero-order valence-corrected chi connectivity index (χ0v) is 10.1. The fourth-order valence-electron chi connectivity index (χ4n) is 1.53. The highest BCUT2D eigenvalue weighted by molar-refractivity contribution is 5.82. The van der Waals surface area contributed by atoms with E-state index in [2.05, 4.69) is 0 Å². The van der Waals surface area contributed by atoms with Gasteiger partial charge < -0.3 is 4.74 Å². The maximum Gasteiger partial charge on any atom is 0.310 e. The van der Waals surface area contributed by atoms with E-state index in [4.69, 9.17) is 10.00 Å². The number of esters is 1. The van der Waals surface area contributed by atoms with Crippen LogP contribution in [0.3, 0.4) is 0 Å². The number of carbonyl (C=O) groups is 2. The highest BCUT2D eigenvalue weighted by atomic mass is 16.6. The van der Waals surface area contributed by atoms with Gasteiger partial charge in [0.15, 0.2) is 6.29 Å².